The van der Waals surface area contributed by atoms with Crippen molar-refractivity contribution in [3.05, 3.63) is 17.1 Å². The van der Waals surface area contributed by atoms with Gasteiger partial charge >= 0.3 is 0 Å². The Hall–Kier alpha value is -2.55. The van der Waals surface area contributed by atoms with E-state index in [2.05, 4.69) is 17.3 Å². The van der Waals surface area contributed by atoms with Crippen LogP contribution in [0.1, 0.15) is 68.1 Å². The van der Waals surface area contributed by atoms with Gasteiger partial charge in [0.2, 0.25) is 17.7 Å². The van der Waals surface area contributed by atoms with Gasteiger partial charge in [-0.1, -0.05) is 0 Å². The van der Waals surface area contributed by atoms with Gasteiger partial charge in [-0.2, -0.15) is 0 Å². The van der Waals surface area contributed by atoms with E-state index in [0.717, 1.165) is 50.3 Å². The molecular formula is C22H32N6O3. The number of aromatic nitrogens is 2. The van der Waals surface area contributed by atoms with Gasteiger partial charge < -0.3 is 15.1 Å². The fraction of sp³-hybridized carbons (Fsp3) is 0.682. The zero-order valence-electron chi connectivity index (χ0n) is 18.5. The molecule has 4 rings (SSSR count). The maximum atomic E-state index is 13.1. The van der Waals surface area contributed by atoms with Gasteiger partial charge in [-0.15, -0.1) is 0 Å². The van der Waals surface area contributed by atoms with Crippen LogP contribution in [0, 0.1) is 0 Å². The summed E-state index contributed by atoms with van der Waals surface area (Å²) < 4.78 is 0. The summed E-state index contributed by atoms with van der Waals surface area (Å²) in [4.78, 5) is 52.3. The summed E-state index contributed by atoms with van der Waals surface area (Å²) in [6.45, 7) is 2.57. The maximum absolute atomic E-state index is 13.1. The molecule has 9 nitrogen and oxygen atoms in total. The molecule has 0 spiro atoms. The highest BCUT2D eigenvalue weighted by molar-refractivity contribution is 5.97. The van der Waals surface area contributed by atoms with Crippen molar-refractivity contribution in [2.45, 2.75) is 64.0 Å². The first-order chi connectivity index (χ1) is 15.0. The largest absolute Gasteiger partial charge is 0.373 e. The lowest BCUT2D eigenvalue weighted by molar-refractivity contribution is -0.148. The summed E-state index contributed by atoms with van der Waals surface area (Å²) in [5.41, 5.74) is 2.20. The van der Waals surface area contributed by atoms with Crippen molar-refractivity contribution in [2.75, 3.05) is 39.0 Å². The van der Waals surface area contributed by atoms with Gasteiger partial charge in [-0.3, -0.25) is 19.3 Å². The standard InChI is InChI=1S/C22H32N6O3/c1-23-21-15-9-12-26(2)14-16(15)24-22(25-21)17-6-3-4-11-27(17)20(31)10-13-28-18(29)7-5-8-19(28)30/h17H,3-14H2,1-2H3,(H,23,24,25). The van der Waals surface area contributed by atoms with Gasteiger partial charge in [0.25, 0.3) is 0 Å². The molecule has 1 unspecified atom stereocenters. The molecule has 2 fully saturated rings. The molecule has 1 aromatic rings. The van der Waals surface area contributed by atoms with Crippen LogP contribution < -0.4 is 5.32 Å². The minimum absolute atomic E-state index is 0.0414. The van der Waals surface area contributed by atoms with Gasteiger partial charge in [0.05, 0.1) is 11.7 Å². The average molecular weight is 429 g/mol. The topological polar surface area (TPSA) is 98.7 Å². The fourth-order valence-corrected chi connectivity index (χ4v) is 4.83. The number of carbonyl (C=O) groups excluding carboxylic acids is 3. The van der Waals surface area contributed by atoms with Crippen LogP contribution in [0.5, 0.6) is 0 Å². The van der Waals surface area contributed by atoms with Crippen LogP contribution in [0.4, 0.5) is 5.82 Å². The van der Waals surface area contributed by atoms with Gasteiger partial charge in [-0.05, 0) is 39.2 Å². The predicted octanol–water partition coefficient (Wildman–Crippen LogP) is 1.49. The minimum atomic E-state index is -0.168. The average Bonchev–Trinajstić information content (AvgIpc) is 2.77. The summed E-state index contributed by atoms with van der Waals surface area (Å²) in [5, 5.41) is 3.22. The third-order valence-electron chi connectivity index (χ3n) is 6.56. The number of imide groups is 1. The number of hydrogen-bond donors (Lipinski definition) is 1. The molecular weight excluding hydrogens is 396 g/mol. The van der Waals surface area contributed by atoms with E-state index in [1.54, 1.807) is 0 Å². The third kappa shape index (κ3) is 4.56. The Morgan fingerprint density at radius 1 is 1.06 bits per heavy atom. The molecule has 168 valence electrons. The summed E-state index contributed by atoms with van der Waals surface area (Å²) in [6.07, 6.45) is 5.23. The van der Waals surface area contributed by atoms with Gasteiger partial charge in [0.1, 0.15) is 5.82 Å². The van der Waals surface area contributed by atoms with E-state index in [1.165, 1.54) is 10.5 Å². The molecule has 1 atom stereocenters. The van der Waals surface area contributed by atoms with Crippen LogP contribution >= 0.6 is 0 Å². The van der Waals surface area contributed by atoms with Crippen molar-refractivity contribution >= 4 is 23.5 Å². The lowest BCUT2D eigenvalue weighted by atomic mass is 9.99. The smallest absolute Gasteiger partial charge is 0.229 e. The number of nitrogens with zero attached hydrogens (tertiary/aromatic N) is 5. The Morgan fingerprint density at radius 3 is 2.58 bits per heavy atom. The molecule has 0 radical (unpaired) electrons. The van der Waals surface area contributed by atoms with Crippen molar-refractivity contribution in [3.8, 4) is 0 Å². The van der Waals surface area contributed by atoms with Crippen LogP contribution in [0.2, 0.25) is 0 Å². The van der Waals surface area contributed by atoms with Crippen molar-refractivity contribution in [2.24, 2.45) is 0 Å². The molecule has 3 amide bonds. The van der Waals surface area contributed by atoms with Crippen LogP contribution in [0.3, 0.4) is 0 Å². The molecule has 0 bridgehead atoms. The Bertz CT molecular complexity index is 857. The molecule has 0 aliphatic carbocycles. The molecule has 0 saturated carbocycles. The number of likely N-dealkylation sites (N-methyl/N-ethyl adjacent to an activating group) is 1. The van der Waals surface area contributed by atoms with Gasteiger partial charge in [0, 0.05) is 58.1 Å². The van der Waals surface area contributed by atoms with Crippen molar-refractivity contribution < 1.29 is 14.4 Å². The van der Waals surface area contributed by atoms with Crippen LogP contribution in [0.25, 0.3) is 0 Å². The molecule has 9 heteroatoms. The highest BCUT2D eigenvalue weighted by atomic mass is 16.2. The second-order valence-electron chi connectivity index (χ2n) is 8.73. The summed E-state index contributed by atoms with van der Waals surface area (Å²) >= 11 is 0. The van der Waals surface area contributed by atoms with Crippen molar-refractivity contribution in [3.63, 3.8) is 0 Å². The minimum Gasteiger partial charge on any atom is -0.373 e. The molecule has 1 aromatic heterocycles. The van der Waals surface area contributed by atoms with E-state index >= 15 is 0 Å². The Kier molecular flexibility index (Phi) is 6.50. The fourth-order valence-electron chi connectivity index (χ4n) is 4.83. The maximum Gasteiger partial charge on any atom is 0.229 e. The quantitative estimate of drug-likeness (QED) is 0.710. The van der Waals surface area contributed by atoms with Crippen LogP contribution in [0.15, 0.2) is 0 Å². The van der Waals surface area contributed by atoms with E-state index in [0.29, 0.717) is 31.6 Å². The monoisotopic (exact) mass is 428 g/mol. The Labute approximate surface area is 183 Å². The summed E-state index contributed by atoms with van der Waals surface area (Å²) in [5.74, 6) is 1.17. The lowest BCUT2D eigenvalue weighted by Gasteiger charge is -2.36. The van der Waals surface area contributed by atoms with Crippen molar-refractivity contribution in [1.29, 1.82) is 0 Å². The Morgan fingerprint density at radius 2 is 1.84 bits per heavy atom. The van der Waals surface area contributed by atoms with Crippen molar-refractivity contribution in [1.82, 2.24) is 24.7 Å². The second kappa shape index (κ2) is 9.30. The highest BCUT2D eigenvalue weighted by Crippen LogP contribution is 2.32. The molecule has 2 saturated heterocycles. The second-order valence-corrected chi connectivity index (χ2v) is 8.73. The van der Waals surface area contributed by atoms with Gasteiger partial charge in [-0.25, -0.2) is 9.97 Å². The van der Waals surface area contributed by atoms with E-state index in [1.807, 2.05) is 11.9 Å². The first kappa shape index (κ1) is 21.7. The number of rotatable bonds is 5. The van der Waals surface area contributed by atoms with E-state index in [9.17, 15) is 14.4 Å². The van der Waals surface area contributed by atoms with E-state index in [-0.39, 0.29) is 36.7 Å². The van der Waals surface area contributed by atoms with Crippen LogP contribution in [-0.2, 0) is 27.3 Å². The number of hydrogen-bond acceptors (Lipinski definition) is 7. The van der Waals surface area contributed by atoms with E-state index in [4.69, 9.17) is 9.97 Å². The molecule has 4 heterocycles. The normalized spacial score (nSPS) is 22.5. The lowest BCUT2D eigenvalue weighted by Crippen LogP contribution is -2.44. The van der Waals surface area contributed by atoms with E-state index < -0.39 is 0 Å². The first-order valence-electron chi connectivity index (χ1n) is 11.4. The summed E-state index contributed by atoms with van der Waals surface area (Å²) in [6, 6.07) is -0.168. The molecule has 3 aliphatic heterocycles. The predicted molar refractivity (Wildman–Crippen MR) is 115 cm³/mol. The molecule has 1 N–H and O–H groups in total. The first-order valence-corrected chi connectivity index (χ1v) is 11.4. The molecule has 31 heavy (non-hydrogen) atoms. The number of nitrogens with one attached hydrogen (secondary N) is 1. The zero-order chi connectivity index (χ0) is 22.0. The Balaban J connectivity index is 1.52. The highest BCUT2D eigenvalue weighted by Gasteiger charge is 2.33. The van der Waals surface area contributed by atoms with Gasteiger partial charge in [0.15, 0.2) is 5.82 Å². The van der Waals surface area contributed by atoms with Crippen LogP contribution in [-0.4, -0.2) is 76.1 Å². The number of carbonyl (C=O) groups is 3. The number of anilines is 1. The molecule has 0 aromatic carbocycles. The number of piperidine rings is 2. The number of likely N-dealkylation sites (tertiary alicyclic amines) is 2. The molecule has 3 aliphatic rings. The number of amides is 3. The zero-order valence-corrected chi connectivity index (χ0v) is 18.5. The summed E-state index contributed by atoms with van der Waals surface area (Å²) in [7, 11) is 3.96. The SMILES string of the molecule is CNc1nc(C2CCCCN2C(=O)CCN2C(=O)CCCC2=O)nc2c1CCN(C)C2. The third-order valence-corrected chi connectivity index (χ3v) is 6.56. The number of fused-ring (bicyclic) bond motifs is 1.